The SMILES string of the molecule is COc1ccc(NC(=O)N2CCC(c3nc(C4CC4)n[nH]3)CC2)cc1. The number of methoxy groups -OCH3 is 1. The van der Waals surface area contributed by atoms with Crippen molar-refractivity contribution in [3.8, 4) is 5.75 Å². The zero-order chi connectivity index (χ0) is 17.2. The topological polar surface area (TPSA) is 83.1 Å². The number of hydrogen-bond acceptors (Lipinski definition) is 4. The summed E-state index contributed by atoms with van der Waals surface area (Å²) in [4.78, 5) is 18.9. The minimum absolute atomic E-state index is 0.0557. The Bertz CT molecular complexity index is 730. The molecular weight excluding hydrogens is 318 g/mol. The van der Waals surface area contributed by atoms with Crippen LogP contribution in [0.4, 0.5) is 10.5 Å². The first-order valence-electron chi connectivity index (χ1n) is 8.85. The maximum absolute atomic E-state index is 12.4. The average molecular weight is 341 g/mol. The second kappa shape index (κ2) is 6.74. The van der Waals surface area contributed by atoms with Crippen LogP contribution in [0.3, 0.4) is 0 Å². The molecule has 0 unspecified atom stereocenters. The molecule has 2 heterocycles. The molecule has 1 saturated carbocycles. The summed E-state index contributed by atoms with van der Waals surface area (Å²) in [5.74, 6) is 3.66. The number of rotatable bonds is 4. The third-order valence-electron chi connectivity index (χ3n) is 4.97. The fraction of sp³-hybridized carbons (Fsp3) is 0.500. The number of nitrogens with one attached hydrogen (secondary N) is 2. The first kappa shape index (κ1) is 15.9. The summed E-state index contributed by atoms with van der Waals surface area (Å²) >= 11 is 0. The van der Waals surface area contributed by atoms with E-state index in [0.717, 1.165) is 49.0 Å². The van der Waals surface area contributed by atoms with Crippen LogP contribution < -0.4 is 10.1 Å². The Morgan fingerprint density at radius 2 is 1.88 bits per heavy atom. The quantitative estimate of drug-likeness (QED) is 0.895. The summed E-state index contributed by atoms with van der Waals surface area (Å²) in [7, 11) is 1.62. The van der Waals surface area contributed by atoms with Gasteiger partial charge in [-0.1, -0.05) is 0 Å². The Labute approximate surface area is 146 Å². The van der Waals surface area contributed by atoms with E-state index in [-0.39, 0.29) is 6.03 Å². The van der Waals surface area contributed by atoms with Crippen molar-refractivity contribution in [2.75, 3.05) is 25.5 Å². The molecule has 1 aliphatic heterocycles. The Hall–Kier alpha value is -2.57. The number of urea groups is 1. The number of ether oxygens (including phenoxy) is 1. The molecule has 0 radical (unpaired) electrons. The predicted octanol–water partition coefficient (Wildman–Crippen LogP) is 3.10. The molecule has 1 aromatic carbocycles. The summed E-state index contributed by atoms with van der Waals surface area (Å²) in [5.41, 5.74) is 0.775. The number of nitrogens with zero attached hydrogens (tertiary/aromatic N) is 3. The zero-order valence-corrected chi connectivity index (χ0v) is 14.4. The van der Waals surface area contributed by atoms with Gasteiger partial charge in [0.15, 0.2) is 5.82 Å². The zero-order valence-electron chi connectivity index (χ0n) is 14.4. The highest BCUT2D eigenvalue weighted by atomic mass is 16.5. The van der Waals surface area contributed by atoms with Crippen LogP contribution in [-0.4, -0.2) is 46.3 Å². The summed E-state index contributed by atoms with van der Waals surface area (Å²) in [6, 6.07) is 7.31. The van der Waals surface area contributed by atoms with Crippen LogP contribution in [0, 0.1) is 0 Å². The van der Waals surface area contributed by atoms with Gasteiger partial charge in [-0.3, -0.25) is 5.10 Å². The molecule has 2 fully saturated rings. The minimum Gasteiger partial charge on any atom is -0.497 e. The lowest BCUT2D eigenvalue weighted by molar-refractivity contribution is 0.193. The number of aromatic amines is 1. The van der Waals surface area contributed by atoms with Crippen LogP contribution in [0.2, 0.25) is 0 Å². The lowest BCUT2D eigenvalue weighted by atomic mass is 9.96. The second-order valence-electron chi connectivity index (χ2n) is 6.77. The Morgan fingerprint density at radius 3 is 2.52 bits per heavy atom. The number of H-pyrrole nitrogens is 1. The summed E-state index contributed by atoms with van der Waals surface area (Å²) < 4.78 is 5.13. The third-order valence-corrected chi connectivity index (χ3v) is 4.97. The van der Waals surface area contributed by atoms with E-state index in [1.54, 1.807) is 7.11 Å². The number of hydrogen-bond donors (Lipinski definition) is 2. The summed E-state index contributed by atoms with van der Waals surface area (Å²) in [6.45, 7) is 1.46. The van der Waals surface area contributed by atoms with E-state index >= 15 is 0 Å². The maximum atomic E-state index is 12.4. The highest BCUT2D eigenvalue weighted by Crippen LogP contribution is 2.38. The Balaban J connectivity index is 1.30. The molecule has 7 nitrogen and oxygen atoms in total. The fourth-order valence-corrected chi connectivity index (χ4v) is 3.23. The van der Waals surface area contributed by atoms with Crippen LogP contribution in [0.25, 0.3) is 0 Å². The van der Waals surface area contributed by atoms with E-state index in [4.69, 9.17) is 4.74 Å². The first-order chi connectivity index (χ1) is 12.2. The number of carbonyl (C=O) groups is 1. The van der Waals surface area contributed by atoms with E-state index in [1.165, 1.54) is 12.8 Å². The van der Waals surface area contributed by atoms with Crippen LogP contribution in [-0.2, 0) is 0 Å². The second-order valence-corrected chi connectivity index (χ2v) is 6.77. The van der Waals surface area contributed by atoms with Gasteiger partial charge in [-0.05, 0) is 49.9 Å². The molecule has 7 heteroatoms. The number of aromatic nitrogens is 3. The number of piperidine rings is 1. The van der Waals surface area contributed by atoms with Gasteiger partial charge in [0, 0.05) is 30.6 Å². The molecule has 0 atom stereocenters. The third kappa shape index (κ3) is 3.60. The van der Waals surface area contributed by atoms with Crippen LogP contribution >= 0.6 is 0 Å². The molecule has 0 spiro atoms. The van der Waals surface area contributed by atoms with Gasteiger partial charge in [0.05, 0.1) is 7.11 Å². The van der Waals surface area contributed by atoms with E-state index in [0.29, 0.717) is 11.8 Å². The molecule has 4 rings (SSSR count). The monoisotopic (exact) mass is 341 g/mol. The molecule has 2 aliphatic rings. The highest BCUT2D eigenvalue weighted by molar-refractivity contribution is 5.89. The molecule has 1 aromatic heterocycles. The van der Waals surface area contributed by atoms with Gasteiger partial charge in [-0.2, -0.15) is 5.10 Å². The van der Waals surface area contributed by atoms with Crippen molar-refractivity contribution in [2.24, 2.45) is 0 Å². The van der Waals surface area contributed by atoms with Gasteiger partial charge in [-0.25, -0.2) is 9.78 Å². The van der Waals surface area contributed by atoms with Crippen molar-refractivity contribution in [1.29, 1.82) is 0 Å². The lowest BCUT2D eigenvalue weighted by Crippen LogP contribution is -2.40. The van der Waals surface area contributed by atoms with E-state index in [2.05, 4.69) is 20.5 Å². The standard InChI is InChI=1S/C18H23N5O2/c1-25-15-6-4-14(5-7-15)19-18(24)23-10-8-13(9-11-23)17-20-16(21-22-17)12-2-3-12/h4-7,12-13H,2-3,8-11H2,1H3,(H,19,24)(H,20,21,22). The van der Waals surface area contributed by atoms with Crippen molar-refractivity contribution < 1.29 is 9.53 Å². The predicted molar refractivity (Wildman–Crippen MR) is 93.9 cm³/mol. The van der Waals surface area contributed by atoms with Crippen LogP contribution in [0.5, 0.6) is 5.75 Å². The molecule has 132 valence electrons. The first-order valence-corrected chi connectivity index (χ1v) is 8.85. The van der Waals surface area contributed by atoms with Crippen molar-refractivity contribution in [3.05, 3.63) is 35.9 Å². The molecule has 0 bridgehead atoms. The molecular formula is C18H23N5O2. The normalized spacial score (nSPS) is 18.2. The van der Waals surface area contributed by atoms with Gasteiger partial charge in [0.25, 0.3) is 0 Å². The number of benzene rings is 1. The van der Waals surface area contributed by atoms with Crippen molar-refractivity contribution >= 4 is 11.7 Å². The number of carbonyl (C=O) groups excluding carboxylic acids is 1. The van der Waals surface area contributed by atoms with Crippen molar-refractivity contribution in [1.82, 2.24) is 20.1 Å². The largest absolute Gasteiger partial charge is 0.497 e. The molecule has 1 aliphatic carbocycles. The van der Waals surface area contributed by atoms with Gasteiger partial charge in [-0.15, -0.1) is 0 Å². The van der Waals surface area contributed by atoms with Crippen molar-refractivity contribution in [2.45, 2.75) is 37.5 Å². The smallest absolute Gasteiger partial charge is 0.321 e. The molecule has 25 heavy (non-hydrogen) atoms. The summed E-state index contributed by atoms with van der Waals surface area (Å²) in [6.07, 6.45) is 4.24. The van der Waals surface area contributed by atoms with Gasteiger partial charge >= 0.3 is 6.03 Å². The van der Waals surface area contributed by atoms with Gasteiger partial charge < -0.3 is 15.0 Å². The Morgan fingerprint density at radius 1 is 1.16 bits per heavy atom. The Kier molecular flexibility index (Phi) is 4.29. The van der Waals surface area contributed by atoms with Gasteiger partial charge in [0.2, 0.25) is 0 Å². The number of anilines is 1. The van der Waals surface area contributed by atoms with Gasteiger partial charge in [0.1, 0.15) is 11.6 Å². The molecule has 1 saturated heterocycles. The maximum Gasteiger partial charge on any atom is 0.321 e. The highest BCUT2D eigenvalue weighted by Gasteiger charge is 2.30. The fourth-order valence-electron chi connectivity index (χ4n) is 3.23. The molecule has 2 amide bonds. The van der Waals surface area contributed by atoms with Crippen LogP contribution in [0.15, 0.2) is 24.3 Å². The van der Waals surface area contributed by atoms with Crippen molar-refractivity contribution in [3.63, 3.8) is 0 Å². The summed E-state index contributed by atoms with van der Waals surface area (Å²) in [5, 5.41) is 10.4. The lowest BCUT2D eigenvalue weighted by Gasteiger charge is -2.31. The van der Waals surface area contributed by atoms with E-state index in [1.807, 2.05) is 29.2 Å². The van der Waals surface area contributed by atoms with E-state index in [9.17, 15) is 4.79 Å². The molecule has 2 aromatic rings. The average Bonchev–Trinajstić information content (AvgIpc) is 3.39. The molecule has 2 N–H and O–H groups in total. The minimum atomic E-state index is -0.0557. The number of likely N-dealkylation sites (tertiary alicyclic amines) is 1. The van der Waals surface area contributed by atoms with Crippen LogP contribution in [0.1, 0.15) is 49.2 Å². The van der Waals surface area contributed by atoms with E-state index < -0.39 is 0 Å². The number of amides is 2.